The van der Waals surface area contributed by atoms with E-state index < -0.39 is 6.17 Å². The maximum absolute atomic E-state index is 12.1. The van der Waals surface area contributed by atoms with E-state index in [4.69, 9.17) is 5.41 Å². The summed E-state index contributed by atoms with van der Waals surface area (Å²) in [6, 6.07) is 0. The molecule has 1 atom stereocenters. The normalized spacial score (nSPS) is 13.2. The number of rotatable bonds is 4. The fraction of sp³-hybridized carbons (Fsp3) is 0.714. The topological polar surface area (TPSA) is 23.9 Å². The fourth-order valence-corrected chi connectivity index (χ4v) is 0.655. The summed E-state index contributed by atoms with van der Waals surface area (Å²) in [7, 11) is 0. The second-order valence-corrected chi connectivity index (χ2v) is 2.19. The van der Waals surface area contributed by atoms with Crippen molar-refractivity contribution < 1.29 is 4.39 Å². The third kappa shape index (κ3) is 5.47. The van der Waals surface area contributed by atoms with E-state index in [0.717, 1.165) is 0 Å². The van der Waals surface area contributed by atoms with Crippen LogP contribution in [0.1, 0.15) is 26.2 Å². The van der Waals surface area contributed by atoms with Gasteiger partial charge in [0, 0.05) is 12.1 Å². The third-order valence-electron chi connectivity index (χ3n) is 1.01. The number of hydrogen-bond donors (Lipinski definition) is 1. The molecule has 0 saturated heterocycles. The van der Waals surface area contributed by atoms with Crippen molar-refractivity contribution >= 4 is 5.71 Å². The van der Waals surface area contributed by atoms with Gasteiger partial charge in [-0.15, -0.1) is 0 Å². The molecule has 0 aromatic carbocycles. The molecule has 1 N–H and O–H groups in total. The van der Waals surface area contributed by atoms with Gasteiger partial charge in [0.25, 0.3) is 0 Å². The molecule has 53 valence electrons. The van der Waals surface area contributed by atoms with Gasteiger partial charge < -0.3 is 5.41 Å². The van der Waals surface area contributed by atoms with E-state index in [1.54, 1.807) is 0 Å². The van der Waals surface area contributed by atoms with Gasteiger partial charge in [-0.1, -0.05) is 6.92 Å². The van der Waals surface area contributed by atoms with Crippen LogP contribution in [0.25, 0.3) is 0 Å². The van der Waals surface area contributed by atoms with E-state index >= 15 is 0 Å². The highest BCUT2D eigenvalue weighted by Crippen LogP contribution is 2.01. The molecule has 0 fully saturated rings. The van der Waals surface area contributed by atoms with Crippen molar-refractivity contribution in [1.82, 2.24) is 0 Å². The van der Waals surface area contributed by atoms with E-state index in [9.17, 15) is 4.39 Å². The molecule has 0 bridgehead atoms. The van der Waals surface area contributed by atoms with E-state index in [1.807, 2.05) is 0 Å². The Morgan fingerprint density at radius 3 is 2.67 bits per heavy atom. The average Bonchev–Trinajstić information content (AvgIpc) is 1.63. The van der Waals surface area contributed by atoms with Gasteiger partial charge in [-0.3, -0.25) is 0 Å². The smallest absolute Gasteiger partial charge is 0.102 e. The minimum Gasteiger partial charge on any atom is -0.310 e. The number of hydrogen-bond acceptors (Lipinski definition) is 1. The van der Waals surface area contributed by atoms with Crippen LogP contribution in [-0.4, -0.2) is 11.9 Å². The first kappa shape index (κ1) is 8.60. The zero-order valence-corrected chi connectivity index (χ0v) is 5.78. The minimum atomic E-state index is -0.871. The Hall–Kier alpha value is -0.400. The Morgan fingerprint density at radius 2 is 2.33 bits per heavy atom. The van der Waals surface area contributed by atoms with E-state index in [2.05, 4.69) is 6.92 Å². The van der Waals surface area contributed by atoms with Gasteiger partial charge in [0.05, 0.1) is 0 Å². The lowest BCUT2D eigenvalue weighted by Gasteiger charge is -2.00. The molecule has 0 aliphatic carbocycles. The van der Waals surface area contributed by atoms with Gasteiger partial charge in [0.2, 0.25) is 0 Å². The summed E-state index contributed by atoms with van der Waals surface area (Å²) in [5.74, 6) is 0. The Bertz CT molecular complexity index is 88.9. The van der Waals surface area contributed by atoms with E-state index in [-0.39, 0.29) is 6.42 Å². The molecule has 0 aromatic heterocycles. The van der Waals surface area contributed by atoms with Crippen LogP contribution >= 0.6 is 0 Å². The Labute approximate surface area is 55.8 Å². The van der Waals surface area contributed by atoms with Crippen molar-refractivity contribution in [2.45, 2.75) is 32.4 Å². The van der Waals surface area contributed by atoms with Crippen molar-refractivity contribution in [2.24, 2.45) is 0 Å². The fourth-order valence-electron chi connectivity index (χ4n) is 0.655. The van der Waals surface area contributed by atoms with E-state index in [1.165, 1.54) is 6.92 Å². The first-order valence-electron chi connectivity index (χ1n) is 3.16. The van der Waals surface area contributed by atoms with Gasteiger partial charge in [-0.25, -0.2) is 4.39 Å². The first-order valence-corrected chi connectivity index (χ1v) is 3.16. The molecule has 0 saturated carbocycles. The summed E-state index contributed by atoms with van der Waals surface area (Å²) >= 11 is 0. The monoisotopic (exact) mass is 130 g/mol. The first-order chi connectivity index (χ1) is 4.16. The summed E-state index contributed by atoms with van der Waals surface area (Å²) in [4.78, 5) is 0. The Balaban J connectivity index is 3.27. The molecular weight excluding hydrogens is 117 g/mol. The minimum absolute atomic E-state index is 0.273. The third-order valence-corrected chi connectivity index (χ3v) is 1.01. The molecule has 9 heavy (non-hydrogen) atoms. The van der Waals surface area contributed by atoms with Crippen LogP contribution in [0.2, 0.25) is 0 Å². The number of alkyl halides is 1. The second-order valence-electron chi connectivity index (χ2n) is 2.19. The van der Waals surface area contributed by atoms with Crippen LogP contribution in [0.4, 0.5) is 4.39 Å². The van der Waals surface area contributed by atoms with Crippen molar-refractivity contribution in [3.8, 4) is 0 Å². The molecule has 0 aliphatic rings. The van der Waals surface area contributed by atoms with Gasteiger partial charge >= 0.3 is 0 Å². The van der Waals surface area contributed by atoms with Crippen LogP contribution < -0.4 is 0 Å². The zero-order valence-electron chi connectivity index (χ0n) is 5.78. The predicted octanol–water partition coefficient (Wildman–Crippen LogP) is 2.37. The maximum Gasteiger partial charge on any atom is 0.102 e. The number of halogens is 1. The Morgan fingerprint density at radius 1 is 1.78 bits per heavy atom. The summed E-state index contributed by atoms with van der Waals surface area (Å²) < 4.78 is 12.1. The SMILES string of the molecule is [CH2]CCC(=N)C[C@@H](C)F. The second kappa shape index (κ2) is 4.48. The highest BCUT2D eigenvalue weighted by Gasteiger charge is 2.01. The molecule has 0 amide bonds. The molecule has 0 rings (SSSR count). The molecule has 0 aromatic rings. The highest BCUT2D eigenvalue weighted by atomic mass is 19.1. The maximum atomic E-state index is 12.1. The van der Waals surface area contributed by atoms with Crippen LogP contribution in [-0.2, 0) is 0 Å². The van der Waals surface area contributed by atoms with Crippen molar-refractivity contribution in [3.05, 3.63) is 6.92 Å². The largest absolute Gasteiger partial charge is 0.310 e. The van der Waals surface area contributed by atoms with Crippen molar-refractivity contribution in [2.75, 3.05) is 0 Å². The molecule has 0 aliphatic heterocycles. The molecular formula is C7H13FN. The van der Waals surface area contributed by atoms with Crippen molar-refractivity contribution in [3.63, 3.8) is 0 Å². The standard InChI is InChI=1S/C7H13FN/c1-3-4-7(9)5-6(2)8/h6,9H,1,3-5H2,2H3/t6-/m1/s1. The predicted molar refractivity (Wildman–Crippen MR) is 37.5 cm³/mol. The average molecular weight is 130 g/mol. The lowest BCUT2D eigenvalue weighted by Crippen LogP contribution is -2.03. The molecule has 0 heterocycles. The van der Waals surface area contributed by atoms with Gasteiger partial charge in [-0.05, 0) is 19.8 Å². The van der Waals surface area contributed by atoms with Crippen LogP contribution in [0.15, 0.2) is 0 Å². The molecule has 0 spiro atoms. The zero-order chi connectivity index (χ0) is 7.28. The van der Waals surface area contributed by atoms with Crippen LogP contribution in [0, 0.1) is 12.3 Å². The summed E-state index contributed by atoms with van der Waals surface area (Å²) in [5, 5.41) is 7.14. The number of nitrogens with one attached hydrogen (secondary N) is 1. The van der Waals surface area contributed by atoms with Gasteiger partial charge in [0.15, 0.2) is 0 Å². The van der Waals surface area contributed by atoms with E-state index in [0.29, 0.717) is 18.6 Å². The molecule has 0 unspecified atom stereocenters. The molecule has 2 heteroatoms. The molecule has 1 radical (unpaired) electrons. The lowest BCUT2D eigenvalue weighted by molar-refractivity contribution is 0.371. The quantitative estimate of drug-likeness (QED) is 0.565. The highest BCUT2D eigenvalue weighted by molar-refractivity contribution is 5.81. The Kier molecular flexibility index (Phi) is 4.28. The van der Waals surface area contributed by atoms with Crippen LogP contribution in [0.5, 0.6) is 0 Å². The van der Waals surface area contributed by atoms with Crippen LogP contribution in [0.3, 0.4) is 0 Å². The van der Waals surface area contributed by atoms with Gasteiger partial charge in [0.1, 0.15) is 6.17 Å². The van der Waals surface area contributed by atoms with Gasteiger partial charge in [-0.2, -0.15) is 0 Å². The summed E-state index contributed by atoms with van der Waals surface area (Å²) in [5.41, 5.74) is 0.472. The summed E-state index contributed by atoms with van der Waals surface area (Å²) in [6.07, 6.45) is 0.735. The summed E-state index contributed by atoms with van der Waals surface area (Å²) in [6.45, 7) is 5.04. The lowest BCUT2D eigenvalue weighted by atomic mass is 10.1. The van der Waals surface area contributed by atoms with Crippen molar-refractivity contribution in [1.29, 1.82) is 5.41 Å². The molecule has 1 nitrogen and oxygen atoms in total.